The van der Waals surface area contributed by atoms with Gasteiger partial charge in [0.15, 0.2) is 0 Å². The topological polar surface area (TPSA) is 85.8 Å². The zero-order chi connectivity index (χ0) is 19.2. The van der Waals surface area contributed by atoms with Crippen molar-refractivity contribution < 1.29 is 9.32 Å². The number of aryl methyl sites for hydroxylation is 2. The Bertz CT molecular complexity index is 1010. The molecular weight excluding hydrogens is 339 g/mol. The molecule has 0 saturated carbocycles. The molecule has 0 aliphatic heterocycles. The predicted molar refractivity (Wildman–Crippen MR) is 100 cm³/mol. The molecule has 27 heavy (non-hydrogen) atoms. The van der Waals surface area contributed by atoms with Gasteiger partial charge in [-0.25, -0.2) is 0 Å². The van der Waals surface area contributed by atoms with E-state index in [1.54, 1.807) is 24.1 Å². The SMILES string of the molecule is [B]C([B])([B])c1nc(-c2ccc3c(c2)CC[C@H]3NC(=O)c2cnn(C)c2)no1. The summed E-state index contributed by atoms with van der Waals surface area (Å²) in [5.41, 5.74) is 3.50. The number of fused-ring (bicyclic) bond motifs is 1. The number of hydrogen-bond acceptors (Lipinski definition) is 5. The highest BCUT2D eigenvalue weighted by atomic mass is 16.5. The molecule has 1 atom stereocenters. The van der Waals surface area contributed by atoms with E-state index in [0.29, 0.717) is 11.4 Å². The number of nitrogens with one attached hydrogen (secondary N) is 1. The fraction of sp³-hybridized carbons (Fsp3) is 0.294. The molecule has 2 aromatic heterocycles. The van der Waals surface area contributed by atoms with E-state index in [0.717, 1.165) is 29.5 Å². The summed E-state index contributed by atoms with van der Waals surface area (Å²) in [7, 11) is 18.5. The van der Waals surface area contributed by atoms with Crippen molar-refractivity contribution in [2.45, 2.75) is 24.0 Å². The maximum Gasteiger partial charge on any atom is 0.254 e. The van der Waals surface area contributed by atoms with Gasteiger partial charge in [-0.2, -0.15) is 10.1 Å². The molecule has 0 unspecified atom stereocenters. The van der Waals surface area contributed by atoms with Gasteiger partial charge in [-0.3, -0.25) is 9.48 Å². The van der Waals surface area contributed by atoms with Crippen LogP contribution < -0.4 is 5.32 Å². The van der Waals surface area contributed by atoms with Crippen molar-refractivity contribution in [3.8, 4) is 11.4 Å². The third-order valence-electron chi connectivity index (χ3n) is 4.55. The lowest BCUT2D eigenvalue weighted by molar-refractivity contribution is 0.0936. The molecule has 0 spiro atoms. The summed E-state index contributed by atoms with van der Waals surface area (Å²) in [5.74, 6) is 0.180. The van der Waals surface area contributed by atoms with Crippen LogP contribution >= 0.6 is 0 Å². The van der Waals surface area contributed by atoms with Crippen LogP contribution in [-0.2, 0) is 18.6 Å². The molecule has 3 aromatic rings. The molecule has 0 bridgehead atoms. The van der Waals surface area contributed by atoms with Gasteiger partial charge in [0.05, 0.1) is 41.3 Å². The average molecular weight is 353 g/mol. The fourth-order valence-corrected chi connectivity index (χ4v) is 3.20. The lowest BCUT2D eigenvalue weighted by Crippen LogP contribution is -2.27. The number of rotatable bonds is 4. The first-order valence-corrected chi connectivity index (χ1v) is 8.45. The molecule has 0 saturated heterocycles. The molecule has 1 amide bonds. The maximum absolute atomic E-state index is 12.4. The van der Waals surface area contributed by atoms with Crippen LogP contribution in [-0.4, -0.2) is 49.4 Å². The zero-order valence-corrected chi connectivity index (χ0v) is 14.7. The van der Waals surface area contributed by atoms with Crippen molar-refractivity contribution in [2.24, 2.45) is 7.05 Å². The molecule has 10 heteroatoms. The van der Waals surface area contributed by atoms with Crippen molar-refractivity contribution >= 4 is 29.4 Å². The Morgan fingerprint density at radius 2 is 2.19 bits per heavy atom. The molecular formula is C17H14B3N5O2. The monoisotopic (exact) mass is 353 g/mol. The van der Waals surface area contributed by atoms with Crippen LogP contribution in [0, 0.1) is 0 Å². The standard InChI is InChI=1S/C17H14B3N5O2/c1-25-8-11(7-21-25)15(26)22-13-5-3-9-6-10(2-4-12(9)13)14-23-16(27-24-14)17(18,19)20/h2,4,6-8,13H,3,5H2,1H3,(H,22,26)/t13-/m1/s1. The van der Waals surface area contributed by atoms with Crippen molar-refractivity contribution in [3.63, 3.8) is 0 Å². The first kappa shape index (κ1) is 17.6. The Hall–Kier alpha value is -2.77. The first-order valence-electron chi connectivity index (χ1n) is 8.45. The van der Waals surface area contributed by atoms with Crippen molar-refractivity contribution in [2.75, 3.05) is 0 Å². The van der Waals surface area contributed by atoms with Crippen LogP contribution in [0.1, 0.15) is 39.8 Å². The van der Waals surface area contributed by atoms with E-state index < -0.39 is 5.11 Å². The number of aromatic nitrogens is 4. The summed E-state index contributed by atoms with van der Waals surface area (Å²) in [4.78, 5) is 16.5. The van der Waals surface area contributed by atoms with Crippen molar-refractivity contribution in [3.05, 3.63) is 53.2 Å². The van der Waals surface area contributed by atoms with Gasteiger partial charge in [0.1, 0.15) is 0 Å². The Morgan fingerprint density at radius 3 is 2.85 bits per heavy atom. The lowest BCUT2D eigenvalue weighted by Gasteiger charge is -2.13. The third kappa shape index (κ3) is 3.43. The number of carbonyl (C=O) groups is 1. The number of hydrogen-bond donors (Lipinski definition) is 1. The average Bonchev–Trinajstić information content (AvgIpc) is 3.33. The highest BCUT2D eigenvalue weighted by molar-refractivity contribution is 6.58. The third-order valence-corrected chi connectivity index (χ3v) is 4.55. The van der Waals surface area contributed by atoms with E-state index in [1.807, 2.05) is 18.2 Å². The Kier molecular flexibility index (Phi) is 4.21. The molecule has 128 valence electrons. The maximum atomic E-state index is 12.4. The fourth-order valence-electron chi connectivity index (χ4n) is 3.20. The molecule has 1 aliphatic carbocycles. The van der Waals surface area contributed by atoms with Gasteiger partial charge in [0.25, 0.3) is 5.91 Å². The molecule has 1 aromatic carbocycles. The van der Waals surface area contributed by atoms with Gasteiger partial charge in [-0.05, 0) is 30.0 Å². The summed E-state index contributed by atoms with van der Waals surface area (Å²) < 4.78 is 6.63. The zero-order valence-electron chi connectivity index (χ0n) is 14.7. The van der Waals surface area contributed by atoms with Gasteiger partial charge >= 0.3 is 0 Å². The van der Waals surface area contributed by atoms with Crippen LogP contribution in [0.4, 0.5) is 0 Å². The van der Waals surface area contributed by atoms with Crippen molar-refractivity contribution in [1.29, 1.82) is 0 Å². The molecule has 7 nitrogen and oxygen atoms in total. The summed E-state index contributed by atoms with van der Waals surface area (Å²) in [6.45, 7) is 0. The quantitative estimate of drug-likeness (QED) is 0.691. The largest absolute Gasteiger partial charge is 0.345 e. The Morgan fingerprint density at radius 1 is 1.37 bits per heavy atom. The molecule has 6 radical (unpaired) electrons. The first-order chi connectivity index (χ1) is 12.8. The minimum absolute atomic E-state index is 0.0420. The van der Waals surface area contributed by atoms with Gasteiger partial charge in [0, 0.05) is 18.8 Å². The van der Waals surface area contributed by atoms with E-state index in [4.69, 9.17) is 28.1 Å². The molecule has 1 N–H and O–H groups in total. The smallest absolute Gasteiger partial charge is 0.254 e. The minimum atomic E-state index is -1.68. The number of benzene rings is 1. The number of amides is 1. The van der Waals surface area contributed by atoms with Crippen LogP contribution in [0.5, 0.6) is 0 Å². The second kappa shape index (κ2) is 6.44. The normalized spacial score (nSPS) is 16.3. The highest BCUT2D eigenvalue weighted by Crippen LogP contribution is 2.34. The van der Waals surface area contributed by atoms with Crippen LogP contribution in [0.2, 0.25) is 0 Å². The summed E-state index contributed by atoms with van der Waals surface area (Å²) in [6, 6.07) is 5.76. The second-order valence-corrected chi connectivity index (χ2v) is 6.74. The van der Waals surface area contributed by atoms with E-state index >= 15 is 0 Å². The minimum Gasteiger partial charge on any atom is -0.345 e. The molecule has 2 heterocycles. The van der Waals surface area contributed by atoms with Crippen LogP contribution in [0.25, 0.3) is 11.4 Å². The van der Waals surface area contributed by atoms with Crippen molar-refractivity contribution in [1.82, 2.24) is 25.2 Å². The van der Waals surface area contributed by atoms with E-state index in [2.05, 4.69) is 20.6 Å². The summed E-state index contributed by atoms with van der Waals surface area (Å²) in [5, 5.41) is 9.29. The van der Waals surface area contributed by atoms with Gasteiger partial charge in [-0.1, -0.05) is 22.4 Å². The number of carbonyl (C=O) groups excluding carboxylic acids is 1. The van der Waals surface area contributed by atoms with Gasteiger partial charge in [-0.15, -0.1) is 0 Å². The lowest BCUT2D eigenvalue weighted by atomic mass is 9.42. The van der Waals surface area contributed by atoms with E-state index in [1.165, 1.54) is 0 Å². The Balaban J connectivity index is 1.54. The van der Waals surface area contributed by atoms with E-state index in [-0.39, 0.29) is 17.8 Å². The summed E-state index contributed by atoms with van der Waals surface area (Å²) >= 11 is 0. The molecule has 0 fully saturated rings. The van der Waals surface area contributed by atoms with Crippen LogP contribution in [0.15, 0.2) is 35.1 Å². The van der Waals surface area contributed by atoms with Gasteiger partial charge < -0.3 is 9.84 Å². The van der Waals surface area contributed by atoms with E-state index in [9.17, 15) is 4.79 Å². The van der Waals surface area contributed by atoms with Gasteiger partial charge in [0.2, 0.25) is 11.7 Å². The van der Waals surface area contributed by atoms with Crippen LogP contribution in [0.3, 0.4) is 0 Å². The number of nitrogens with zero attached hydrogens (tertiary/aromatic N) is 4. The summed E-state index contributed by atoms with van der Waals surface area (Å²) in [6.07, 6.45) is 4.89. The molecule has 1 aliphatic rings. The Labute approximate surface area is 160 Å². The second-order valence-electron chi connectivity index (χ2n) is 6.74. The highest BCUT2D eigenvalue weighted by Gasteiger charge is 2.26. The predicted octanol–water partition coefficient (Wildman–Crippen LogP) is 0.503. The molecule has 4 rings (SSSR count).